The van der Waals surface area contributed by atoms with Crippen LogP contribution in [0.25, 0.3) is 5.57 Å². The molecule has 1 aliphatic carbocycles. The number of pyridine rings is 2. The molecule has 0 atom stereocenters. The zero-order valence-corrected chi connectivity index (χ0v) is 24.6. The number of anilines is 1. The van der Waals surface area contributed by atoms with Gasteiger partial charge < -0.3 is 14.7 Å². The van der Waals surface area contributed by atoms with E-state index in [0.29, 0.717) is 6.42 Å². The minimum Gasteiger partial charge on any atom is -0.354 e. The lowest BCUT2D eigenvalue weighted by atomic mass is 9.88. The van der Waals surface area contributed by atoms with E-state index >= 15 is 0 Å². The molecule has 2 aliphatic heterocycles. The van der Waals surface area contributed by atoms with Gasteiger partial charge in [-0.25, -0.2) is 4.98 Å². The Bertz CT molecular complexity index is 1370. The van der Waals surface area contributed by atoms with Crippen LogP contribution in [0.4, 0.5) is 5.82 Å². The van der Waals surface area contributed by atoms with E-state index in [1.54, 1.807) is 0 Å². The number of aromatic nitrogens is 2. The SMILES string of the molecule is CN1CCN(c2cc(CC(=O)N3CCC(=C4c5ccc(Cl)cc5CCc5cc(Br)cnc54)CC3)ccn2)CC1. The largest absolute Gasteiger partial charge is 0.354 e. The fourth-order valence-corrected chi connectivity index (χ4v) is 6.58. The standard InChI is InChI=1S/C31H33BrClN5O/c1-36-12-14-37(15-13-36)28-16-21(6-9-34-28)17-29(39)38-10-7-22(8-11-38)30-27-5-4-26(33)19-23(27)2-3-24-18-25(32)20-35-31(24)30/h4-6,9,16,18-20H,2-3,7-8,10-15,17H2,1H3. The van der Waals surface area contributed by atoms with Gasteiger partial charge >= 0.3 is 0 Å². The molecule has 202 valence electrons. The summed E-state index contributed by atoms with van der Waals surface area (Å²) >= 11 is 9.99. The normalized spacial score (nSPS) is 18.0. The molecular weight excluding hydrogens is 574 g/mol. The first kappa shape index (κ1) is 26.5. The number of carbonyl (C=O) groups excluding carboxylic acids is 1. The average molecular weight is 607 g/mol. The summed E-state index contributed by atoms with van der Waals surface area (Å²) in [6.07, 6.45) is 7.71. The number of likely N-dealkylation sites (tertiary alicyclic amines) is 1. The molecule has 0 unspecified atom stereocenters. The minimum atomic E-state index is 0.185. The van der Waals surface area contributed by atoms with Crippen molar-refractivity contribution in [3.63, 3.8) is 0 Å². The lowest BCUT2D eigenvalue weighted by Gasteiger charge is -2.33. The van der Waals surface area contributed by atoms with E-state index < -0.39 is 0 Å². The van der Waals surface area contributed by atoms with Gasteiger partial charge in [0, 0.05) is 66.7 Å². The summed E-state index contributed by atoms with van der Waals surface area (Å²) in [5.74, 6) is 1.16. The smallest absolute Gasteiger partial charge is 0.227 e. The summed E-state index contributed by atoms with van der Waals surface area (Å²) in [6, 6.07) is 12.5. The summed E-state index contributed by atoms with van der Waals surface area (Å²) in [5, 5.41) is 0.769. The van der Waals surface area contributed by atoms with Gasteiger partial charge in [0.25, 0.3) is 0 Å². The van der Waals surface area contributed by atoms with Crippen LogP contribution in [-0.2, 0) is 24.1 Å². The maximum Gasteiger partial charge on any atom is 0.227 e. The number of hydrogen-bond acceptors (Lipinski definition) is 5. The molecular formula is C31H33BrClN5O. The van der Waals surface area contributed by atoms with E-state index in [1.165, 1.54) is 27.8 Å². The molecule has 0 spiro atoms. The second-order valence-corrected chi connectivity index (χ2v) is 12.2. The number of carbonyl (C=O) groups is 1. The van der Waals surface area contributed by atoms with Crippen LogP contribution < -0.4 is 4.90 Å². The number of hydrogen-bond donors (Lipinski definition) is 0. The molecule has 6 nitrogen and oxygen atoms in total. The first-order valence-electron chi connectivity index (χ1n) is 13.8. The third kappa shape index (κ3) is 5.76. The number of fused-ring (bicyclic) bond motifs is 2. The number of aryl methyl sites for hydroxylation is 2. The summed E-state index contributed by atoms with van der Waals surface area (Å²) in [5.41, 5.74) is 8.48. The van der Waals surface area contributed by atoms with Gasteiger partial charge in [-0.15, -0.1) is 0 Å². The van der Waals surface area contributed by atoms with Crippen molar-refractivity contribution in [1.29, 1.82) is 0 Å². The van der Waals surface area contributed by atoms with E-state index in [4.69, 9.17) is 16.6 Å². The summed E-state index contributed by atoms with van der Waals surface area (Å²) in [6.45, 7) is 5.45. The Morgan fingerprint density at radius 3 is 2.49 bits per heavy atom. The van der Waals surface area contributed by atoms with Crippen molar-refractivity contribution in [3.05, 3.63) is 91.8 Å². The van der Waals surface area contributed by atoms with Crippen molar-refractivity contribution in [3.8, 4) is 0 Å². The molecule has 0 N–H and O–H groups in total. The predicted molar refractivity (Wildman–Crippen MR) is 160 cm³/mol. The number of likely N-dealkylation sites (N-methyl/N-ethyl adjacent to an activating group) is 1. The topological polar surface area (TPSA) is 52.6 Å². The maximum atomic E-state index is 13.3. The predicted octanol–water partition coefficient (Wildman–Crippen LogP) is 5.41. The van der Waals surface area contributed by atoms with Gasteiger partial charge in [-0.3, -0.25) is 9.78 Å². The zero-order valence-electron chi connectivity index (χ0n) is 22.3. The highest BCUT2D eigenvalue weighted by Gasteiger charge is 2.27. The molecule has 2 aromatic heterocycles. The molecule has 2 saturated heterocycles. The Balaban J connectivity index is 1.20. The molecule has 8 heteroatoms. The number of rotatable bonds is 3. The Morgan fingerprint density at radius 2 is 1.69 bits per heavy atom. The fraction of sp³-hybridized carbons (Fsp3) is 0.387. The van der Waals surface area contributed by atoms with E-state index in [0.717, 1.165) is 91.5 Å². The van der Waals surface area contributed by atoms with Crippen molar-refractivity contribution >= 4 is 44.8 Å². The molecule has 6 rings (SSSR count). The van der Waals surface area contributed by atoms with Crippen LogP contribution in [0, 0.1) is 0 Å². The number of piperidine rings is 1. The number of amides is 1. The van der Waals surface area contributed by atoms with Crippen molar-refractivity contribution in [1.82, 2.24) is 19.8 Å². The monoisotopic (exact) mass is 605 g/mol. The van der Waals surface area contributed by atoms with Gasteiger partial charge in [-0.2, -0.15) is 0 Å². The zero-order chi connectivity index (χ0) is 26.9. The van der Waals surface area contributed by atoms with E-state index in [9.17, 15) is 4.79 Å². The van der Waals surface area contributed by atoms with Gasteiger partial charge in [0.2, 0.25) is 5.91 Å². The van der Waals surface area contributed by atoms with Crippen molar-refractivity contribution in [2.45, 2.75) is 32.1 Å². The number of piperazine rings is 1. The van der Waals surface area contributed by atoms with Crippen molar-refractivity contribution in [2.75, 3.05) is 51.2 Å². The second-order valence-electron chi connectivity index (χ2n) is 10.8. The third-order valence-electron chi connectivity index (χ3n) is 8.24. The summed E-state index contributed by atoms with van der Waals surface area (Å²) in [7, 11) is 2.15. The lowest BCUT2D eigenvalue weighted by molar-refractivity contribution is -0.130. The van der Waals surface area contributed by atoms with Gasteiger partial charge in [0.05, 0.1) is 12.1 Å². The van der Waals surface area contributed by atoms with Gasteiger partial charge in [-0.1, -0.05) is 23.2 Å². The molecule has 2 fully saturated rings. The summed E-state index contributed by atoms with van der Waals surface area (Å²) in [4.78, 5) is 29.5. The van der Waals surface area contributed by atoms with Gasteiger partial charge in [0.1, 0.15) is 5.82 Å². The molecule has 3 aromatic rings. The molecule has 3 aliphatic rings. The Labute approximate surface area is 243 Å². The van der Waals surface area contributed by atoms with E-state index in [-0.39, 0.29) is 5.91 Å². The molecule has 0 bridgehead atoms. The minimum absolute atomic E-state index is 0.185. The third-order valence-corrected chi connectivity index (χ3v) is 8.90. The number of benzene rings is 1. The number of halogens is 2. The molecule has 39 heavy (non-hydrogen) atoms. The average Bonchev–Trinajstić information content (AvgIpc) is 3.10. The Hall–Kier alpha value is -2.74. The van der Waals surface area contributed by atoms with Crippen molar-refractivity contribution < 1.29 is 4.79 Å². The molecule has 1 aromatic carbocycles. The highest BCUT2D eigenvalue weighted by atomic mass is 79.9. The Kier molecular flexibility index (Phi) is 7.74. The van der Waals surface area contributed by atoms with Crippen LogP contribution in [0.15, 0.2) is 58.8 Å². The lowest BCUT2D eigenvalue weighted by Crippen LogP contribution is -2.44. The van der Waals surface area contributed by atoms with Crippen LogP contribution in [0.3, 0.4) is 0 Å². The maximum absolute atomic E-state index is 13.3. The van der Waals surface area contributed by atoms with Gasteiger partial charge in [-0.05, 0) is 101 Å². The summed E-state index contributed by atoms with van der Waals surface area (Å²) < 4.78 is 1.00. The van der Waals surface area contributed by atoms with Crippen molar-refractivity contribution in [2.24, 2.45) is 0 Å². The number of nitrogens with zero attached hydrogens (tertiary/aromatic N) is 5. The first-order chi connectivity index (χ1) is 18.9. The van der Waals surface area contributed by atoms with Gasteiger partial charge in [0.15, 0.2) is 0 Å². The molecule has 0 saturated carbocycles. The van der Waals surface area contributed by atoms with Crippen LogP contribution in [-0.4, -0.2) is 72.0 Å². The fourth-order valence-electron chi connectivity index (χ4n) is 6.01. The molecule has 1 amide bonds. The van der Waals surface area contributed by atoms with Crippen LogP contribution >= 0.6 is 27.5 Å². The van der Waals surface area contributed by atoms with E-state index in [1.807, 2.05) is 29.4 Å². The van der Waals surface area contributed by atoms with E-state index in [2.05, 4.69) is 62.0 Å². The molecule has 0 radical (unpaired) electrons. The first-order valence-corrected chi connectivity index (χ1v) is 14.9. The highest BCUT2D eigenvalue weighted by molar-refractivity contribution is 9.10. The Morgan fingerprint density at radius 1 is 0.923 bits per heavy atom. The second kappa shape index (κ2) is 11.4. The van der Waals surface area contributed by atoms with Crippen LogP contribution in [0.1, 0.15) is 40.8 Å². The quantitative estimate of drug-likeness (QED) is 0.399. The highest BCUT2D eigenvalue weighted by Crippen LogP contribution is 2.39. The molecule has 4 heterocycles. The van der Waals surface area contributed by atoms with Crippen LogP contribution in [0.2, 0.25) is 5.02 Å². The van der Waals surface area contributed by atoms with Crippen LogP contribution in [0.5, 0.6) is 0 Å².